The summed E-state index contributed by atoms with van der Waals surface area (Å²) in [4.78, 5) is 13.4. The van der Waals surface area contributed by atoms with Crippen molar-refractivity contribution >= 4 is 5.97 Å². The fourth-order valence-corrected chi connectivity index (χ4v) is 3.43. The summed E-state index contributed by atoms with van der Waals surface area (Å²) in [5.41, 5.74) is 0.409. The molecule has 0 aromatic carbocycles. The predicted octanol–water partition coefficient (Wildman–Crippen LogP) is 2.58. The number of likely N-dealkylation sites (N-methyl/N-ethyl adjacent to an activating group) is 1. The molecular formula is C16H26N2O3. The first kappa shape index (κ1) is 16.0. The first-order valence-electron chi connectivity index (χ1n) is 7.62. The zero-order valence-electron chi connectivity index (χ0n) is 13.2. The summed E-state index contributed by atoms with van der Waals surface area (Å²) in [5, 5.41) is 12.5. The monoisotopic (exact) mass is 294 g/mol. The second-order valence-electron chi connectivity index (χ2n) is 6.49. The Kier molecular flexibility index (Phi) is 5.06. The molecule has 1 saturated carbocycles. The van der Waals surface area contributed by atoms with E-state index in [-0.39, 0.29) is 11.1 Å². The van der Waals surface area contributed by atoms with Gasteiger partial charge in [-0.2, -0.15) is 0 Å². The Morgan fingerprint density at radius 3 is 2.95 bits per heavy atom. The highest BCUT2D eigenvalue weighted by molar-refractivity contribution is 5.88. The molecule has 0 bridgehead atoms. The van der Waals surface area contributed by atoms with Gasteiger partial charge in [0, 0.05) is 12.1 Å². The fourth-order valence-electron chi connectivity index (χ4n) is 3.43. The van der Waals surface area contributed by atoms with E-state index in [0.717, 1.165) is 12.5 Å². The molecule has 5 heteroatoms. The maximum Gasteiger partial charge on any atom is 0.339 e. The SMILES string of the molecule is CC1CCCC(CNCc2occc2C(=O)O)(N(C)C)C1. The van der Waals surface area contributed by atoms with Crippen molar-refractivity contribution in [3.05, 3.63) is 23.7 Å². The topological polar surface area (TPSA) is 65.7 Å². The second-order valence-corrected chi connectivity index (χ2v) is 6.49. The molecular weight excluding hydrogens is 268 g/mol. The van der Waals surface area contributed by atoms with Crippen LogP contribution in [0.3, 0.4) is 0 Å². The maximum absolute atomic E-state index is 11.1. The van der Waals surface area contributed by atoms with Gasteiger partial charge in [0.1, 0.15) is 11.3 Å². The molecule has 1 aromatic rings. The Balaban J connectivity index is 1.96. The van der Waals surface area contributed by atoms with Gasteiger partial charge in [-0.3, -0.25) is 0 Å². The molecule has 118 valence electrons. The van der Waals surface area contributed by atoms with E-state index in [1.165, 1.54) is 38.0 Å². The molecule has 0 saturated heterocycles. The molecule has 1 fully saturated rings. The highest BCUT2D eigenvalue weighted by Crippen LogP contribution is 2.35. The van der Waals surface area contributed by atoms with E-state index in [9.17, 15) is 4.79 Å². The number of carboxylic acid groups (broad SMARTS) is 1. The lowest BCUT2D eigenvalue weighted by atomic mass is 9.75. The fraction of sp³-hybridized carbons (Fsp3) is 0.688. The Morgan fingerprint density at radius 2 is 2.33 bits per heavy atom. The number of carbonyl (C=O) groups is 1. The quantitative estimate of drug-likeness (QED) is 0.844. The molecule has 0 spiro atoms. The Hall–Kier alpha value is -1.33. The second kappa shape index (κ2) is 6.62. The number of rotatable bonds is 6. The smallest absolute Gasteiger partial charge is 0.339 e. The van der Waals surface area contributed by atoms with Crippen molar-refractivity contribution < 1.29 is 14.3 Å². The molecule has 21 heavy (non-hydrogen) atoms. The summed E-state index contributed by atoms with van der Waals surface area (Å²) in [7, 11) is 4.27. The first-order valence-corrected chi connectivity index (χ1v) is 7.62. The van der Waals surface area contributed by atoms with Crippen molar-refractivity contribution in [1.29, 1.82) is 0 Å². The van der Waals surface area contributed by atoms with E-state index in [0.29, 0.717) is 12.3 Å². The third-order valence-electron chi connectivity index (χ3n) is 4.73. The Bertz CT molecular complexity index is 484. The molecule has 0 radical (unpaired) electrons. The van der Waals surface area contributed by atoms with Gasteiger partial charge in [0.15, 0.2) is 0 Å². The first-order chi connectivity index (χ1) is 9.94. The largest absolute Gasteiger partial charge is 0.478 e. The summed E-state index contributed by atoms with van der Waals surface area (Å²) in [6.07, 6.45) is 6.35. The summed E-state index contributed by atoms with van der Waals surface area (Å²) in [6.45, 7) is 3.62. The van der Waals surface area contributed by atoms with E-state index in [4.69, 9.17) is 9.52 Å². The van der Waals surface area contributed by atoms with E-state index in [1.54, 1.807) is 0 Å². The van der Waals surface area contributed by atoms with Gasteiger partial charge >= 0.3 is 5.97 Å². The normalized spacial score (nSPS) is 26.2. The van der Waals surface area contributed by atoms with Gasteiger partial charge in [0.2, 0.25) is 0 Å². The molecule has 1 aromatic heterocycles. The predicted molar refractivity (Wildman–Crippen MR) is 81.4 cm³/mol. The standard InChI is InChI=1S/C16H26N2O3/c1-12-5-4-7-16(9-12,18(2)3)11-17-10-14-13(15(19)20)6-8-21-14/h6,8,12,17H,4-5,7,9-11H2,1-3H3,(H,19,20). The minimum Gasteiger partial charge on any atom is -0.478 e. The van der Waals surface area contributed by atoms with Crippen LogP contribution in [-0.4, -0.2) is 42.2 Å². The summed E-state index contributed by atoms with van der Waals surface area (Å²) in [6, 6.07) is 1.50. The molecule has 1 aliphatic rings. The lowest BCUT2D eigenvalue weighted by Gasteiger charge is -2.45. The third kappa shape index (κ3) is 3.66. The van der Waals surface area contributed by atoms with Crippen LogP contribution >= 0.6 is 0 Å². The highest BCUT2D eigenvalue weighted by Gasteiger charge is 2.36. The Morgan fingerprint density at radius 1 is 1.57 bits per heavy atom. The van der Waals surface area contributed by atoms with E-state index >= 15 is 0 Å². The van der Waals surface area contributed by atoms with Crippen molar-refractivity contribution in [1.82, 2.24) is 10.2 Å². The molecule has 2 atom stereocenters. The van der Waals surface area contributed by atoms with Crippen molar-refractivity contribution in [2.75, 3.05) is 20.6 Å². The minimum atomic E-state index is -0.936. The van der Waals surface area contributed by atoms with Crippen LogP contribution in [0.15, 0.2) is 16.7 Å². The van der Waals surface area contributed by atoms with Crippen LogP contribution in [0.5, 0.6) is 0 Å². The molecule has 2 N–H and O–H groups in total. The summed E-state index contributed by atoms with van der Waals surface area (Å²) < 4.78 is 5.27. The van der Waals surface area contributed by atoms with Crippen molar-refractivity contribution in [2.24, 2.45) is 5.92 Å². The van der Waals surface area contributed by atoms with Crippen LogP contribution < -0.4 is 5.32 Å². The maximum atomic E-state index is 11.1. The number of hydrogen-bond donors (Lipinski definition) is 2. The average Bonchev–Trinajstić information content (AvgIpc) is 2.87. The zero-order chi connectivity index (χ0) is 15.5. The molecule has 1 aliphatic carbocycles. The van der Waals surface area contributed by atoms with Crippen LogP contribution in [0.4, 0.5) is 0 Å². The van der Waals surface area contributed by atoms with E-state index in [1.807, 2.05) is 0 Å². The molecule has 2 rings (SSSR count). The average molecular weight is 294 g/mol. The number of furan rings is 1. The minimum absolute atomic E-state index is 0.160. The number of nitrogens with zero attached hydrogens (tertiary/aromatic N) is 1. The van der Waals surface area contributed by atoms with Gasteiger partial charge < -0.3 is 19.7 Å². The van der Waals surface area contributed by atoms with Crippen LogP contribution in [-0.2, 0) is 6.54 Å². The lowest BCUT2D eigenvalue weighted by Crippen LogP contribution is -2.54. The molecule has 0 amide bonds. The van der Waals surface area contributed by atoms with Gasteiger partial charge in [-0.25, -0.2) is 4.79 Å². The number of carboxylic acids is 1. The van der Waals surface area contributed by atoms with Crippen molar-refractivity contribution in [2.45, 2.75) is 44.7 Å². The number of nitrogens with one attached hydrogen (secondary N) is 1. The molecule has 1 heterocycles. The van der Waals surface area contributed by atoms with Gasteiger partial charge in [-0.15, -0.1) is 0 Å². The third-order valence-corrected chi connectivity index (χ3v) is 4.73. The summed E-state index contributed by atoms with van der Waals surface area (Å²) >= 11 is 0. The van der Waals surface area contributed by atoms with Crippen LogP contribution in [0.1, 0.15) is 48.7 Å². The van der Waals surface area contributed by atoms with Crippen molar-refractivity contribution in [3.63, 3.8) is 0 Å². The van der Waals surface area contributed by atoms with E-state index in [2.05, 4.69) is 31.2 Å². The van der Waals surface area contributed by atoms with Crippen molar-refractivity contribution in [3.8, 4) is 0 Å². The summed E-state index contributed by atoms with van der Waals surface area (Å²) in [5.74, 6) is 0.301. The van der Waals surface area contributed by atoms with Gasteiger partial charge in [-0.1, -0.05) is 19.8 Å². The van der Waals surface area contributed by atoms with Gasteiger partial charge in [0.05, 0.1) is 12.8 Å². The van der Waals surface area contributed by atoms with Crippen LogP contribution in [0.2, 0.25) is 0 Å². The van der Waals surface area contributed by atoms with Crippen LogP contribution in [0, 0.1) is 5.92 Å². The zero-order valence-corrected chi connectivity index (χ0v) is 13.2. The van der Waals surface area contributed by atoms with Gasteiger partial charge in [-0.05, 0) is 38.9 Å². The molecule has 2 unspecified atom stereocenters. The Labute approximate surface area is 126 Å². The van der Waals surface area contributed by atoms with E-state index < -0.39 is 5.97 Å². The van der Waals surface area contributed by atoms with Gasteiger partial charge in [0.25, 0.3) is 0 Å². The molecule has 0 aliphatic heterocycles. The highest BCUT2D eigenvalue weighted by atomic mass is 16.4. The lowest BCUT2D eigenvalue weighted by molar-refractivity contribution is 0.0691. The molecule has 5 nitrogen and oxygen atoms in total. The number of aromatic carboxylic acids is 1. The number of hydrogen-bond acceptors (Lipinski definition) is 4. The van der Waals surface area contributed by atoms with Crippen LogP contribution in [0.25, 0.3) is 0 Å².